The molecule has 1 aromatic heterocycles. The molecule has 3 heteroatoms. The van der Waals surface area contributed by atoms with Gasteiger partial charge in [0.2, 0.25) is 0 Å². The van der Waals surface area contributed by atoms with Crippen LogP contribution in [0.5, 0.6) is 0 Å². The van der Waals surface area contributed by atoms with Crippen LogP contribution >= 0.6 is 0 Å². The summed E-state index contributed by atoms with van der Waals surface area (Å²) >= 11 is 0. The minimum absolute atomic E-state index is 0.334. The second-order valence-corrected chi connectivity index (χ2v) is 2.98. The first-order valence-corrected chi connectivity index (χ1v) is 4.09. The molecule has 1 saturated heterocycles. The minimum atomic E-state index is 0.334. The molecule has 3 nitrogen and oxygen atoms in total. The van der Waals surface area contributed by atoms with Crippen LogP contribution in [0.25, 0.3) is 0 Å². The van der Waals surface area contributed by atoms with Crippen molar-refractivity contribution in [2.75, 3.05) is 13.2 Å². The first kappa shape index (κ1) is 7.83. The maximum absolute atomic E-state index is 5.34. The molecule has 1 aromatic rings. The summed E-state index contributed by atoms with van der Waals surface area (Å²) in [6.45, 7) is 4.00. The zero-order valence-electron chi connectivity index (χ0n) is 7.08. The molecule has 2 heterocycles. The third-order valence-corrected chi connectivity index (χ3v) is 1.75. The molecule has 0 radical (unpaired) electrons. The van der Waals surface area contributed by atoms with Gasteiger partial charge in [0.05, 0.1) is 13.2 Å². The Labute approximate surface area is 71.3 Å². The average molecular weight is 168 g/mol. The number of aryl methyl sites for hydroxylation is 1. The van der Waals surface area contributed by atoms with E-state index in [1.165, 1.54) is 0 Å². The summed E-state index contributed by atoms with van der Waals surface area (Å²) in [5, 5.41) is 0. The molecule has 66 valence electrons. The van der Waals surface area contributed by atoms with E-state index in [0.717, 1.165) is 18.1 Å². The smallest absolute Gasteiger partial charge is 0.129 e. The minimum Gasteiger partial charge on any atom is -0.464 e. The Kier molecular flexibility index (Phi) is 2.15. The molecule has 1 aliphatic heterocycles. The van der Waals surface area contributed by atoms with Crippen LogP contribution < -0.4 is 0 Å². The van der Waals surface area contributed by atoms with Gasteiger partial charge in [-0.05, 0) is 19.1 Å². The summed E-state index contributed by atoms with van der Waals surface area (Å²) in [7, 11) is 0. The molecule has 1 aliphatic rings. The van der Waals surface area contributed by atoms with Crippen molar-refractivity contribution in [1.29, 1.82) is 0 Å². The van der Waals surface area contributed by atoms with Crippen LogP contribution in [0.3, 0.4) is 0 Å². The number of epoxide rings is 1. The second kappa shape index (κ2) is 3.29. The molecule has 0 spiro atoms. The molecule has 1 atom stereocenters. The van der Waals surface area contributed by atoms with Crippen molar-refractivity contribution in [3.63, 3.8) is 0 Å². The standard InChI is InChI=1S/C9H12O3/c1-7-2-3-8(12-7)4-10-5-9-6-11-9/h2-3,9H,4-6H2,1H3. The van der Waals surface area contributed by atoms with E-state index < -0.39 is 0 Å². The van der Waals surface area contributed by atoms with Crippen LogP contribution in [0.15, 0.2) is 16.5 Å². The summed E-state index contributed by atoms with van der Waals surface area (Å²) in [6.07, 6.45) is 0.334. The second-order valence-electron chi connectivity index (χ2n) is 2.98. The number of hydrogen-bond donors (Lipinski definition) is 0. The molecule has 0 aliphatic carbocycles. The Balaban J connectivity index is 1.71. The Bertz CT molecular complexity index is 250. The van der Waals surface area contributed by atoms with E-state index in [1.54, 1.807) is 0 Å². The van der Waals surface area contributed by atoms with Crippen molar-refractivity contribution in [1.82, 2.24) is 0 Å². The third kappa shape index (κ3) is 2.09. The Morgan fingerprint density at radius 2 is 2.42 bits per heavy atom. The average Bonchev–Trinajstić information content (AvgIpc) is 2.76. The molecular weight excluding hydrogens is 156 g/mol. The monoisotopic (exact) mass is 168 g/mol. The number of ether oxygens (including phenoxy) is 2. The quantitative estimate of drug-likeness (QED) is 0.639. The highest BCUT2D eigenvalue weighted by molar-refractivity contribution is 5.04. The van der Waals surface area contributed by atoms with Gasteiger partial charge < -0.3 is 13.9 Å². The molecule has 0 N–H and O–H groups in total. The SMILES string of the molecule is Cc1ccc(COCC2CO2)o1. The highest BCUT2D eigenvalue weighted by atomic mass is 16.6. The molecule has 0 amide bonds. The molecule has 0 saturated carbocycles. The van der Waals surface area contributed by atoms with Crippen LogP contribution in [0.2, 0.25) is 0 Å². The largest absolute Gasteiger partial charge is 0.464 e. The van der Waals surface area contributed by atoms with E-state index in [-0.39, 0.29) is 0 Å². The molecule has 2 rings (SSSR count). The van der Waals surface area contributed by atoms with Gasteiger partial charge >= 0.3 is 0 Å². The summed E-state index contributed by atoms with van der Waals surface area (Å²) in [5.41, 5.74) is 0. The maximum atomic E-state index is 5.34. The van der Waals surface area contributed by atoms with E-state index >= 15 is 0 Å². The van der Waals surface area contributed by atoms with Gasteiger partial charge in [-0.2, -0.15) is 0 Å². The summed E-state index contributed by atoms with van der Waals surface area (Å²) in [5.74, 6) is 1.81. The van der Waals surface area contributed by atoms with E-state index in [9.17, 15) is 0 Å². The van der Waals surface area contributed by atoms with Crippen molar-refractivity contribution in [3.8, 4) is 0 Å². The van der Waals surface area contributed by atoms with E-state index in [1.807, 2.05) is 19.1 Å². The predicted molar refractivity (Wildman–Crippen MR) is 42.8 cm³/mol. The van der Waals surface area contributed by atoms with Crippen molar-refractivity contribution in [3.05, 3.63) is 23.7 Å². The predicted octanol–water partition coefficient (Wildman–Crippen LogP) is 1.50. The fraction of sp³-hybridized carbons (Fsp3) is 0.556. The Morgan fingerprint density at radius 3 is 3.00 bits per heavy atom. The van der Waals surface area contributed by atoms with E-state index in [0.29, 0.717) is 19.3 Å². The lowest BCUT2D eigenvalue weighted by Gasteiger charge is -1.97. The molecule has 1 fully saturated rings. The summed E-state index contributed by atoms with van der Waals surface area (Å²) < 4.78 is 15.7. The van der Waals surface area contributed by atoms with Gasteiger partial charge in [0, 0.05) is 0 Å². The lowest BCUT2D eigenvalue weighted by molar-refractivity contribution is 0.0908. The lowest BCUT2D eigenvalue weighted by atomic mass is 10.4. The summed E-state index contributed by atoms with van der Waals surface area (Å²) in [6, 6.07) is 3.87. The first-order valence-electron chi connectivity index (χ1n) is 4.09. The molecule has 0 bridgehead atoms. The van der Waals surface area contributed by atoms with Crippen molar-refractivity contribution >= 4 is 0 Å². The topological polar surface area (TPSA) is 34.9 Å². The van der Waals surface area contributed by atoms with Gasteiger partial charge in [-0.25, -0.2) is 0 Å². The van der Waals surface area contributed by atoms with Crippen LogP contribution in [0.1, 0.15) is 11.5 Å². The van der Waals surface area contributed by atoms with Crippen LogP contribution in [0, 0.1) is 6.92 Å². The fourth-order valence-electron chi connectivity index (χ4n) is 1.02. The van der Waals surface area contributed by atoms with Crippen molar-refractivity contribution in [2.45, 2.75) is 19.6 Å². The highest BCUT2D eigenvalue weighted by Crippen LogP contribution is 2.11. The van der Waals surface area contributed by atoms with Gasteiger partial charge in [-0.1, -0.05) is 0 Å². The number of hydrogen-bond acceptors (Lipinski definition) is 3. The molecule has 1 unspecified atom stereocenters. The number of furan rings is 1. The van der Waals surface area contributed by atoms with E-state index in [4.69, 9.17) is 13.9 Å². The van der Waals surface area contributed by atoms with Crippen LogP contribution in [0.4, 0.5) is 0 Å². The molecule has 0 aromatic carbocycles. The third-order valence-electron chi connectivity index (χ3n) is 1.75. The normalized spacial score (nSPS) is 21.2. The van der Waals surface area contributed by atoms with Crippen molar-refractivity contribution < 1.29 is 13.9 Å². The fourth-order valence-corrected chi connectivity index (χ4v) is 1.02. The first-order chi connectivity index (χ1) is 5.84. The highest BCUT2D eigenvalue weighted by Gasteiger charge is 2.22. The van der Waals surface area contributed by atoms with Gasteiger partial charge in [0.25, 0.3) is 0 Å². The van der Waals surface area contributed by atoms with Gasteiger partial charge in [0.15, 0.2) is 0 Å². The zero-order valence-corrected chi connectivity index (χ0v) is 7.08. The number of rotatable bonds is 4. The van der Waals surface area contributed by atoms with E-state index in [2.05, 4.69) is 0 Å². The van der Waals surface area contributed by atoms with Gasteiger partial charge in [-0.15, -0.1) is 0 Å². The van der Waals surface area contributed by atoms with Crippen molar-refractivity contribution in [2.24, 2.45) is 0 Å². The molecule has 12 heavy (non-hydrogen) atoms. The van der Waals surface area contributed by atoms with Crippen LogP contribution in [-0.2, 0) is 16.1 Å². The maximum Gasteiger partial charge on any atom is 0.129 e. The van der Waals surface area contributed by atoms with Gasteiger partial charge in [-0.3, -0.25) is 0 Å². The zero-order chi connectivity index (χ0) is 8.39. The Hall–Kier alpha value is -0.800. The lowest BCUT2D eigenvalue weighted by Crippen LogP contribution is -2.00. The summed E-state index contributed by atoms with van der Waals surface area (Å²) in [4.78, 5) is 0. The van der Waals surface area contributed by atoms with Crippen LogP contribution in [-0.4, -0.2) is 19.3 Å². The molecular formula is C9H12O3. The Morgan fingerprint density at radius 1 is 1.58 bits per heavy atom. The van der Waals surface area contributed by atoms with Gasteiger partial charge in [0.1, 0.15) is 24.2 Å².